The van der Waals surface area contributed by atoms with E-state index in [1.165, 1.54) is 24.1 Å². The van der Waals surface area contributed by atoms with Gasteiger partial charge in [-0.05, 0) is 26.0 Å². The van der Waals surface area contributed by atoms with Crippen molar-refractivity contribution < 1.29 is 54.0 Å². The van der Waals surface area contributed by atoms with Crippen LogP contribution in [-0.4, -0.2) is 111 Å². The molecule has 2 aromatic rings. The van der Waals surface area contributed by atoms with Gasteiger partial charge in [-0.1, -0.05) is 16.8 Å². The number of fused-ring (bicyclic) bond motifs is 1. The average molecular weight is 717 g/mol. The first-order valence-electron chi connectivity index (χ1n) is 12.9. The van der Waals surface area contributed by atoms with Gasteiger partial charge in [-0.15, -0.1) is 34.9 Å². The van der Waals surface area contributed by atoms with Crippen LogP contribution in [0.1, 0.15) is 29.9 Å². The molecule has 0 radical (unpaired) electrons. The number of phenols is 2. The van der Waals surface area contributed by atoms with Crippen molar-refractivity contribution >= 4 is 92.7 Å². The zero-order chi connectivity index (χ0) is 34.1. The number of nitrogens with zero attached hydrogens (tertiary/aromatic N) is 3. The Balaban J connectivity index is 1.39. The maximum atomic E-state index is 13.2. The molecule has 246 valence electrons. The van der Waals surface area contributed by atoms with Gasteiger partial charge < -0.3 is 46.5 Å². The van der Waals surface area contributed by atoms with Crippen molar-refractivity contribution in [1.29, 1.82) is 0 Å². The predicted octanol–water partition coefficient (Wildman–Crippen LogP) is 0.287. The Hall–Kier alpha value is -4.27. The van der Waals surface area contributed by atoms with Gasteiger partial charge in [0.05, 0.1) is 17.1 Å². The zero-order valence-electron chi connectivity index (χ0n) is 23.7. The summed E-state index contributed by atoms with van der Waals surface area (Å²) in [5, 5.41) is 47.2. The lowest BCUT2D eigenvalue weighted by atomic mass is 10.1. The molecule has 1 aromatic heterocycles. The van der Waals surface area contributed by atoms with Gasteiger partial charge in [0.1, 0.15) is 17.1 Å². The number of halogens is 1. The van der Waals surface area contributed by atoms with E-state index in [1.807, 2.05) is 0 Å². The Morgan fingerprint density at radius 3 is 2.54 bits per heavy atom. The number of Topliss-reactive ketones (excluding diaryl/α,β-unsaturated/α-hetero) is 1. The van der Waals surface area contributed by atoms with Crippen molar-refractivity contribution in [3.63, 3.8) is 0 Å². The smallest absolute Gasteiger partial charge is 0.350 e. The topological polar surface area (TPSA) is 271 Å². The van der Waals surface area contributed by atoms with E-state index in [1.54, 1.807) is 0 Å². The van der Waals surface area contributed by atoms with Gasteiger partial charge >= 0.3 is 11.9 Å². The highest BCUT2D eigenvalue weighted by Gasteiger charge is 2.62. The number of ketones is 1. The molecular weight excluding hydrogens is 692 g/mol. The Morgan fingerprint density at radius 1 is 1.24 bits per heavy atom. The Bertz CT molecular complexity index is 1670. The van der Waals surface area contributed by atoms with E-state index in [4.69, 9.17) is 22.2 Å². The van der Waals surface area contributed by atoms with Crippen molar-refractivity contribution in [2.45, 2.75) is 34.9 Å². The summed E-state index contributed by atoms with van der Waals surface area (Å²) in [6.45, 7) is 2.02. The number of aliphatic carboxylic acids is 2. The summed E-state index contributed by atoms with van der Waals surface area (Å²) in [6, 6.07) is 0.879. The molecule has 0 aliphatic carbocycles. The van der Waals surface area contributed by atoms with Crippen LogP contribution in [0.5, 0.6) is 11.5 Å². The number of phenolic OH excluding ortho intramolecular Hbond substituents is 2. The standard InChI is InChI=1S/C25H25ClN6O11S3/c1-24(2,21(39)40)43-31-13(10-7-44-23(27)29-10)17(36)30-14-19(38)32-8-25(22(41)42,46-20(14)32)45-6-5-28-18(37)15(34)9-3-4-11(33)16(35)12(9)26/h3-4,7,14,20,33,35H,5-6,8H2,1-2H3,(H2,27,29)(H,28,37)(H,30,36)(H,39,40)(H,41,42)/b31-13-/t14-,20-,25-/m1/s1. The fourth-order valence-electron chi connectivity index (χ4n) is 3.99. The van der Waals surface area contributed by atoms with Gasteiger partial charge in [-0.25, -0.2) is 14.6 Å². The highest BCUT2D eigenvalue weighted by Crippen LogP contribution is 2.52. The van der Waals surface area contributed by atoms with E-state index in [0.717, 1.165) is 47.0 Å². The number of nitrogens with one attached hydrogen (secondary N) is 2. The van der Waals surface area contributed by atoms with Gasteiger partial charge in [-0.2, -0.15) is 0 Å². The van der Waals surface area contributed by atoms with Crippen LogP contribution in [-0.2, 0) is 28.8 Å². The predicted molar refractivity (Wildman–Crippen MR) is 166 cm³/mol. The lowest BCUT2D eigenvalue weighted by Gasteiger charge is -2.41. The number of thioether (sulfide) groups is 2. The van der Waals surface area contributed by atoms with Crippen LogP contribution in [0.2, 0.25) is 5.02 Å². The molecule has 2 saturated heterocycles. The summed E-state index contributed by atoms with van der Waals surface area (Å²) in [7, 11) is 0. The number of hydrogen-bond acceptors (Lipinski definition) is 15. The van der Waals surface area contributed by atoms with Crippen LogP contribution < -0.4 is 16.4 Å². The summed E-state index contributed by atoms with van der Waals surface area (Å²) in [4.78, 5) is 85.0. The summed E-state index contributed by atoms with van der Waals surface area (Å²) in [5.41, 5.74) is 3.00. The number of aromatic hydroxyl groups is 2. The van der Waals surface area contributed by atoms with Crippen LogP contribution in [0, 0.1) is 0 Å². The van der Waals surface area contributed by atoms with E-state index in [0.29, 0.717) is 0 Å². The van der Waals surface area contributed by atoms with Crippen LogP contribution in [0.3, 0.4) is 0 Å². The zero-order valence-corrected chi connectivity index (χ0v) is 26.9. The Morgan fingerprint density at radius 2 is 1.93 bits per heavy atom. The largest absolute Gasteiger partial charge is 0.504 e. The highest BCUT2D eigenvalue weighted by molar-refractivity contribution is 8.20. The number of hydrogen-bond donors (Lipinski definition) is 7. The Kier molecular flexibility index (Phi) is 9.95. The molecule has 0 bridgehead atoms. The number of β-lactam (4-membered cyclic amide) rings is 1. The summed E-state index contributed by atoms with van der Waals surface area (Å²) < 4.78 is -1.59. The number of carbonyl (C=O) groups is 6. The quantitative estimate of drug-likeness (QED) is 0.0279. The second kappa shape index (κ2) is 13.2. The molecule has 21 heteroatoms. The first kappa shape index (κ1) is 34.6. The number of carboxylic acids is 2. The number of oxime groups is 1. The third-order valence-corrected chi connectivity index (χ3v) is 10.9. The Labute approximate surface area is 276 Å². The normalized spacial score (nSPS) is 20.8. The SMILES string of the molecule is CC(C)(O/N=C(\C(=O)N[C@@H]1C(=O)N2C[C@](SCCNC(=O)C(=O)c3ccc(O)c(O)c3Cl)(C(=O)O)S[C@H]12)c1csc(N)n1)C(=O)O. The maximum absolute atomic E-state index is 13.2. The molecule has 2 aliphatic heterocycles. The van der Waals surface area contributed by atoms with Gasteiger partial charge in [-0.3, -0.25) is 19.2 Å². The molecule has 1 aromatic carbocycles. The van der Waals surface area contributed by atoms with Crippen molar-refractivity contribution in [2.24, 2.45) is 5.16 Å². The molecule has 8 N–H and O–H groups in total. The average Bonchev–Trinajstić information content (AvgIpc) is 3.59. The van der Waals surface area contributed by atoms with E-state index in [9.17, 15) is 49.2 Å². The number of nitrogen functional groups attached to an aromatic ring is 1. The number of carbonyl (C=O) groups excluding carboxylic acids is 4. The van der Waals surface area contributed by atoms with Crippen molar-refractivity contribution in [3.05, 3.63) is 33.8 Å². The van der Waals surface area contributed by atoms with Crippen LogP contribution in [0.15, 0.2) is 22.7 Å². The van der Waals surface area contributed by atoms with Crippen molar-refractivity contribution in [2.75, 3.05) is 24.6 Å². The molecule has 46 heavy (non-hydrogen) atoms. The number of aromatic nitrogens is 1. The molecule has 0 spiro atoms. The third-order valence-electron chi connectivity index (χ3n) is 6.57. The third kappa shape index (κ3) is 6.78. The van der Waals surface area contributed by atoms with Crippen molar-refractivity contribution in [3.8, 4) is 11.5 Å². The summed E-state index contributed by atoms with van der Waals surface area (Å²) in [5.74, 6) is -7.69. The van der Waals surface area contributed by atoms with E-state index < -0.39 is 78.8 Å². The van der Waals surface area contributed by atoms with Crippen LogP contribution in [0.25, 0.3) is 0 Å². The van der Waals surface area contributed by atoms with E-state index >= 15 is 0 Å². The fraction of sp³-hybridized carbons (Fsp3) is 0.360. The summed E-state index contributed by atoms with van der Waals surface area (Å²) in [6.07, 6.45) is 0. The van der Waals surface area contributed by atoms with Gasteiger partial charge in [0.2, 0.25) is 11.5 Å². The molecule has 4 rings (SSSR count). The molecule has 0 unspecified atom stereocenters. The first-order valence-corrected chi connectivity index (χ1v) is 16.0. The van der Waals surface area contributed by atoms with Crippen molar-refractivity contribution in [1.82, 2.24) is 20.5 Å². The van der Waals surface area contributed by atoms with E-state index in [-0.39, 0.29) is 35.2 Å². The summed E-state index contributed by atoms with van der Waals surface area (Å²) >= 11 is 8.60. The number of benzene rings is 1. The number of carboxylic acid groups (broad SMARTS) is 2. The molecule has 17 nitrogen and oxygen atoms in total. The lowest BCUT2D eigenvalue weighted by Crippen LogP contribution is -2.68. The van der Waals surface area contributed by atoms with Crippen LogP contribution >= 0.6 is 46.5 Å². The molecular formula is C25H25ClN6O11S3. The van der Waals surface area contributed by atoms with E-state index in [2.05, 4.69) is 20.8 Å². The highest BCUT2D eigenvalue weighted by atomic mass is 35.5. The number of thiazole rings is 1. The molecule has 3 amide bonds. The molecule has 2 aliphatic rings. The number of nitrogens with two attached hydrogens (primary N) is 1. The van der Waals surface area contributed by atoms with Gasteiger partial charge in [0, 0.05) is 17.7 Å². The lowest BCUT2D eigenvalue weighted by molar-refractivity contribution is -0.161. The van der Waals surface area contributed by atoms with Crippen LogP contribution in [0.4, 0.5) is 5.13 Å². The minimum Gasteiger partial charge on any atom is -0.504 e. The number of anilines is 1. The number of amides is 3. The fourth-order valence-corrected chi connectivity index (χ4v) is 7.82. The minimum absolute atomic E-state index is 0.00257. The van der Waals surface area contributed by atoms with Gasteiger partial charge in [0.25, 0.3) is 17.6 Å². The molecule has 3 atom stereocenters. The molecule has 2 fully saturated rings. The molecule has 3 heterocycles. The second-order valence-corrected chi connectivity index (χ2v) is 14.5. The van der Waals surface area contributed by atoms with Gasteiger partial charge in [0.15, 0.2) is 26.4 Å². The maximum Gasteiger partial charge on any atom is 0.350 e. The second-order valence-electron chi connectivity index (χ2n) is 10.1. The molecule has 0 saturated carbocycles. The minimum atomic E-state index is -1.82. The number of rotatable bonds is 13. The monoisotopic (exact) mass is 716 g/mol. The first-order chi connectivity index (χ1) is 21.5.